The van der Waals surface area contributed by atoms with E-state index in [-0.39, 0.29) is 0 Å². The van der Waals surface area contributed by atoms with Crippen molar-refractivity contribution < 1.29 is 14.6 Å². The Labute approximate surface area is 185 Å². The molecule has 0 saturated carbocycles. The van der Waals surface area contributed by atoms with Crippen molar-refractivity contribution in [3.63, 3.8) is 0 Å². The minimum atomic E-state index is -1.16. The number of piperidine rings is 3. The lowest BCUT2D eigenvalue weighted by Gasteiger charge is -2.45. The highest BCUT2D eigenvalue weighted by Gasteiger charge is 2.34. The van der Waals surface area contributed by atoms with Crippen molar-refractivity contribution in [3.8, 4) is 0 Å². The fourth-order valence-corrected chi connectivity index (χ4v) is 5.66. The predicted octanol–water partition coefficient (Wildman–Crippen LogP) is 3.54. The fourth-order valence-electron chi connectivity index (χ4n) is 4.90. The standard InChI is InChI=1S/C23H36N4O3Si/c1-16-5-6-20-22(21(16)23(28)29)18(25-27(20)15-30-11-12-31(2,3)4)13-24-19-14-26-9-7-17(19)8-10-26/h5-6,17,19,24H,7-15H2,1-4H3,(H,28,29). The van der Waals surface area contributed by atoms with Gasteiger partial charge in [0.2, 0.25) is 0 Å². The maximum atomic E-state index is 12.1. The number of benzene rings is 1. The lowest BCUT2D eigenvalue weighted by atomic mass is 9.84. The van der Waals surface area contributed by atoms with E-state index in [1.807, 2.05) is 23.7 Å². The first-order chi connectivity index (χ1) is 14.7. The summed E-state index contributed by atoms with van der Waals surface area (Å²) in [5, 5.41) is 19.2. The van der Waals surface area contributed by atoms with Crippen molar-refractivity contribution in [1.29, 1.82) is 0 Å². The summed E-state index contributed by atoms with van der Waals surface area (Å²) >= 11 is 0. The molecule has 5 rings (SSSR count). The summed E-state index contributed by atoms with van der Waals surface area (Å²) in [7, 11) is -1.16. The maximum absolute atomic E-state index is 12.1. The molecule has 4 heterocycles. The molecule has 3 saturated heterocycles. The molecule has 2 N–H and O–H groups in total. The molecule has 8 heteroatoms. The summed E-state index contributed by atoms with van der Waals surface area (Å²) in [6.45, 7) is 14.0. The van der Waals surface area contributed by atoms with E-state index in [1.165, 1.54) is 25.9 Å². The van der Waals surface area contributed by atoms with Crippen LogP contribution in [-0.2, 0) is 18.0 Å². The lowest BCUT2D eigenvalue weighted by Crippen LogP contribution is -2.55. The molecule has 3 fully saturated rings. The minimum absolute atomic E-state index is 0.350. The van der Waals surface area contributed by atoms with Crippen LogP contribution in [0.2, 0.25) is 25.7 Å². The van der Waals surface area contributed by atoms with E-state index in [4.69, 9.17) is 9.84 Å². The molecular formula is C23H36N4O3Si. The van der Waals surface area contributed by atoms with Crippen LogP contribution in [0.3, 0.4) is 0 Å². The molecule has 0 radical (unpaired) electrons. The molecule has 1 atom stereocenters. The Morgan fingerprint density at radius 1 is 1.29 bits per heavy atom. The van der Waals surface area contributed by atoms with Crippen molar-refractivity contribution in [2.24, 2.45) is 5.92 Å². The number of rotatable bonds is 9. The topological polar surface area (TPSA) is 79.6 Å². The zero-order chi connectivity index (χ0) is 22.2. The molecule has 2 bridgehead atoms. The molecule has 170 valence electrons. The number of carboxylic acids is 1. The molecule has 1 aromatic heterocycles. The van der Waals surface area contributed by atoms with E-state index < -0.39 is 14.0 Å². The van der Waals surface area contributed by atoms with Gasteiger partial charge in [0.1, 0.15) is 6.73 Å². The third kappa shape index (κ3) is 5.03. The van der Waals surface area contributed by atoms with Crippen molar-refractivity contribution in [2.75, 3.05) is 26.2 Å². The first kappa shape index (κ1) is 22.5. The summed E-state index contributed by atoms with van der Waals surface area (Å²) in [4.78, 5) is 14.6. The van der Waals surface area contributed by atoms with Crippen LogP contribution in [0.5, 0.6) is 0 Å². The zero-order valence-electron chi connectivity index (χ0n) is 19.3. The Balaban J connectivity index is 1.57. The number of hydrogen-bond donors (Lipinski definition) is 2. The molecule has 1 aromatic carbocycles. The van der Waals surface area contributed by atoms with Crippen molar-refractivity contribution in [1.82, 2.24) is 20.0 Å². The quantitative estimate of drug-likeness (QED) is 0.455. The van der Waals surface area contributed by atoms with Gasteiger partial charge in [0.25, 0.3) is 0 Å². The lowest BCUT2D eigenvalue weighted by molar-refractivity contribution is 0.0697. The number of nitrogens with one attached hydrogen (secondary N) is 1. The Morgan fingerprint density at radius 3 is 2.65 bits per heavy atom. The van der Waals surface area contributed by atoms with E-state index in [2.05, 4.69) is 29.9 Å². The summed E-state index contributed by atoms with van der Waals surface area (Å²) in [5.74, 6) is -0.185. The molecule has 3 aliphatic heterocycles. The Hall–Kier alpha value is -1.74. The van der Waals surface area contributed by atoms with E-state index in [9.17, 15) is 9.90 Å². The first-order valence-electron chi connectivity index (χ1n) is 11.5. The first-order valence-corrected chi connectivity index (χ1v) is 15.2. The number of carboxylic acid groups (broad SMARTS) is 1. The van der Waals surface area contributed by atoms with Crippen LogP contribution >= 0.6 is 0 Å². The second-order valence-corrected chi connectivity index (χ2v) is 16.0. The number of aryl methyl sites for hydroxylation is 1. The monoisotopic (exact) mass is 444 g/mol. The van der Waals surface area contributed by atoms with Gasteiger partial charge in [-0.25, -0.2) is 9.48 Å². The number of ether oxygens (including phenoxy) is 1. The number of fused-ring (bicyclic) bond motifs is 4. The SMILES string of the molecule is Cc1ccc2c(c(CNC3CN4CCC3CC4)nn2COCC[Si](C)(C)C)c1C(=O)O. The van der Waals surface area contributed by atoms with Gasteiger partial charge in [-0.3, -0.25) is 0 Å². The number of aromatic carboxylic acids is 1. The highest BCUT2D eigenvalue weighted by molar-refractivity contribution is 6.76. The summed E-state index contributed by atoms with van der Waals surface area (Å²) in [6, 6.07) is 5.40. The Morgan fingerprint density at radius 2 is 2.03 bits per heavy atom. The van der Waals surface area contributed by atoms with Crippen molar-refractivity contribution in [2.45, 2.75) is 64.8 Å². The normalized spacial score (nSPS) is 23.5. The van der Waals surface area contributed by atoms with Crippen molar-refractivity contribution >= 4 is 24.9 Å². The van der Waals surface area contributed by atoms with Gasteiger partial charge in [-0.05, 0) is 56.4 Å². The number of hydrogen-bond acceptors (Lipinski definition) is 5. The van der Waals surface area contributed by atoms with Crippen LogP contribution in [0.25, 0.3) is 10.9 Å². The average molecular weight is 445 g/mol. The maximum Gasteiger partial charge on any atom is 0.336 e. The largest absolute Gasteiger partial charge is 0.478 e. The molecule has 7 nitrogen and oxygen atoms in total. The van der Waals surface area contributed by atoms with Gasteiger partial charge in [0, 0.05) is 39.2 Å². The van der Waals surface area contributed by atoms with Gasteiger partial charge in [0.05, 0.1) is 16.8 Å². The zero-order valence-corrected chi connectivity index (χ0v) is 20.3. The van der Waals surface area contributed by atoms with Crippen LogP contribution in [0.15, 0.2) is 12.1 Å². The van der Waals surface area contributed by atoms with Crippen molar-refractivity contribution in [3.05, 3.63) is 29.0 Å². The smallest absolute Gasteiger partial charge is 0.336 e. The third-order valence-corrected chi connectivity index (χ3v) is 8.52. The van der Waals surface area contributed by atoms with Gasteiger partial charge in [0.15, 0.2) is 0 Å². The Kier molecular flexibility index (Phi) is 6.53. The predicted molar refractivity (Wildman–Crippen MR) is 125 cm³/mol. The van der Waals surface area contributed by atoms with Crippen LogP contribution in [0.1, 0.15) is 34.5 Å². The second kappa shape index (κ2) is 9.01. The average Bonchev–Trinajstić information content (AvgIpc) is 3.07. The minimum Gasteiger partial charge on any atom is -0.478 e. The number of aromatic nitrogens is 2. The summed E-state index contributed by atoms with van der Waals surface area (Å²) < 4.78 is 7.78. The second-order valence-electron chi connectivity index (χ2n) is 10.4. The van der Waals surface area contributed by atoms with Gasteiger partial charge in [-0.1, -0.05) is 25.7 Å². The van der Waals surface area contributed by atoms with Gasteiger partial charge in [-0.15, -0.1) is 0 Å². The molecular weight excluding hydrogens is 408 g/mol. The van der Waals surface area contributed by atoms with Crippen LogP contribution < -0.4 is 5.32 Å². The van der Waals surface area contributed by atoms with Crippen LogP contribution in [0, 0.1) is 12.8 Å². The summed E-state index contributed by atoms with van der Waals surface area (Å²) in [5.41, 5.74) is 2.77. The fraction of sp³-hybridized carbons (Fsp3) is 0.652. The summed E-state index contributed by atoms with van der Waals surface area (Å²) in [6.07, 6.45) is 2.49. The number of nitrogens with zero attached hydrogens (tertiary/aromatic N) is 3. The van der Waals surface area contributed by atoms with Crippen LogP contribution in [0.4, 0.5) is 0 Å². The third-order valence-electron chi connectivity index (χ3n) is 6.81. The van der Waals surface area contributed by atoms with E-state index in [1.54, 1.807) is 0 Å². The molecule has 31 heavy (non-hydrogen) atoms. The van der Waals surface area contributed by atoms with Gasteiger partial charge < -0.3 is 20.1 Å². The van der Waals surface area contributed by atoms with E-state index in [0.29, 0.717) is 37.4 Å². The van der Waals surface area contributed by atoms with Crippen LogP contribution in [-0.4, -0.2) is 66.1 Å². The molecule has 1 unspecified atom stereocenters. The molecule has 0 amide bonds. The highest BCUT2D eigenvalue weighted by atomic mass is 28.3. The molecule has 2 aromatic rings. The van der Waals surface area contributed by atoms with E-state index in [0.717, 1.165) is 34.7 Å². The number of carbonyl (C=O) groups is 1. The molecule has 0 aliphatic carbocycles. The molecule has 0 spiro atoms. The Bertz CT molecular complexity index is 944. The van der Waals surface area contributed by atoms with Gasteiger partial charge >= 0.3 is 5.97 Å². The highest BCUT2D eigenvalue weighted by Crippen LogP contribution is 2.29. The van der Waals surface area contributed by atoms with E-state index >= 15 is 0 Å². The molecule has 3 aliphatic rings. The van der Waals surface area contributed by atoms with Gasteiger partial charge in [-0.2, -0.15) is 5.10 Å².